The molecule has 4 aromatic rings. The molecule has 0 unspecified atom stereocenters. The van der Waals surface area contributed by atoms with Crippen LogP contribution < -0.4 is 11.3 Å². The smallest absolute Gasteiger partial charge is 0.313 e. The summed E-state index contributed by atoms with van der Waals surface area (Å²) >= 11 is 0. The molecule has 7 heteroatoms. The third kappa shape index (κ3) is 3.94. The monoisotopic (exact) mass is 388 g/mol. The highest BCUT2D eigenvalue weighted by Crippen LogP contribution is 2.30. The summed E-state index contributed by atoms with van der Waals surface area (Å²) in [6.07, 6.45) is 3.70. The number of benzene rings is 2. The number of H-pyrrole nitrogens is 2. The molecule has 7 nitrogen and oxygen atoms in total. The second-order valence-electron chi connectivity index (χ2n) is 6.77. The molecule has 4 rings (SSSR count). The van der Waals surface area contributed by atoms with Gasteiger partial charge < -0.3 is 4.98 Å². The van der Waals surface area contributed by atoms with Crippen LogP contribution in [0, 0.1) is 0 Å². The lowest BCUT2D eigenvalue weighted by atomic mass is 9.96. The van der Waals surface area contributed by atoms with E-state index in [2.05, 4.69) is 31.6 Å². The highest BCUT2D eigenvalue weighted by molar-refractivity contribution is 5.80. The molecule has 29 heavy (non-hydrogen) atoms. The molecule has 0 spiro atoms. The van der Waals surface area contributed by atoms with Crippen LogP contribution in [0.3, 0.4) is 0 Å². The summed E-state index contributed by atoms with van der Waals surface area (Å²) in [4.78, 5) is 33.2. The average molecular weight is 388 g/mol. The molecule has 0 atom stereocenters. The van der Waals surface area contributed by atoms with Crippen LogP contribution in [-0.2, 0) is 12.8 Å². The Hall–Kier alpha value is -3.74. The molecule has 0 radical (unpaired) electrons. The van der Waals surface area contributed by atoms with Gasteiger partial charge in [0, 0.05) is 17.5 Å². The molecule has 2 N–H and O–H groups in total. The van der Waals surface area contributed by atoms with Crippen LogP contribution in [0.5, 0.6) is 0 Å². The fourth-order valence-electron chi connectivity index (χ4n) is 3.39. The topological polar surface area (TPSA) is 105 Å². The Morgan fingerprint density at radius 1 is 1.00 bits per heavy atom. The second-order valence-corrected chi connectivity index (χ2v) is 6.77. The summed E-state index contributed by atoms with van der Waals surface area (Å²) < 4.78 is 4.64. The lowest BCUT2D eigenvalue weighted by molar-refractivity contribution is 0.388. The van der Waals surface area contributed by atoms with Gasteiger partial charge in [0.1, 0.15) is 0 Å². The largest absolute Gasteiger partial charge is 0.439 e. The molecule has 0 saturated heterocycles. The Balaban J connectivity index is 1.65. The van der Waals surface area contributed by atoms with Gasteiger partial charge in [0.15, 0.2) is 5.82 Å². The van der Waals surface area contributed by atoms with Gasteiger partial charge in [0.05, 0.1) is 12.0 Å². The molecular formula is C22H20N4O3. The summed E-state index contributed by atoms with van der Waals surface area (Å²) in [6, 6.07) is 15.6. The maximum absolute atomic E-state index is 12.3. The molecule has 146 valence electrons. The van der Waals surface area contributed by atoms with E-state index < -0.39 is 5.76 Å². The fourth-order valence-corrected chi connectivity index (χ4v) is 3.39. The molecular weight excluding hydrogens is 368 g/mol. The van der Waals surface area contributed by atoms with E-state index in [1.165, 1.54) is 6.33 Å². The van der Waals surface area contributed by atoms with Crippen molar-refractivity contribution in [3.63, 3.8) is 0 Å². The van der Waals surface area contributed by atoms with Gasteiger partial charge in [0.2, 0.25) is 0 Å². The molecule has 0 fully saturated rings. The van der Waals surface area contributed by atoms with Gasteiger partial charge in [-0.2, -0.15) is 0 Å². The van der Waals surface area contributed by atoms with Crippen molar-refractivity contribution in [2.45, 2.75) is 26.2 Å². The zero-order valence-corrected chi connectivity index (χ0v) is 15.9. The number of rotatable bonds is 6. The average Bonchev–Trinajstić information content (AvgIpc) is 3.17. The zero-order valence-electron chi connectivity index (χ0n) is 15.9. The molecule has 0 aliphatic rings. The van der Waals surface area contributed by atoms with E-state index in [-0.39, 0.29) is 5.56 Å². The van der Waals surface area contributed by atoms with E-state index in [1.807, 2.05) is 48.5 Å². The molecule has 0 saturated carbocycles. The lowest BCUT2D eigenvalue weighted by Crippen LogP contribution is -2.17. The van der Waals surface area contributed by atoms with Crippen LogP contribution >= 0.6 is 0 Å². The van der Waals surface area contributed by atoms with Crippen molar-refractivity contribution in [3.8, 4) is 22.5 Å². The summed E-state index contributed by atoms with van der Waals surface area (Å²) in [7, 11) is 0. The Labute approximate surface area is 166 Å². The summed E-state index contributed by atoms with van der Waals surface area (Å²) in [5, 5.41) is 3.79. The van der Waals surface area contributed by atoms with Gasteiger partial charge in [-0.25, -0.2) is 9.78 Å². The summed E-state index contributed by atoms with van der Waals surface area (Å²) in [6.45, 7) is 2.07. The predicted octanol–water partition coefficient (Wildman–Crippen LogP) is 3.32. The maximum atomic E-state index is 12.3. The van der Waals surface area contributed by atoms with Crippen LogP contribution in [0.2, 0.25) is 0 Å². The number of aromatic nitrogens is 4. The van der Waals surface area contributed by atoms with E-state index in [1.54, 1.807) is 0 Å². The van der Waals surface area contributed by atoms with Crippen molar-refractivity contribution in [2.24, 2.45) is 0 Å². The normalized spacial score (nSPS) is 10.9. The Bertz CT molecular complexity index is 1240. The van der Waals surface area contributed by atoms with Crippen molar-refractivity contribution in [3.05, 3.63) is 92.6 Å². The van der Waals surface area contributed by atoms with Gasteiger partial charge in [-0.15, -0.1) is 0 Å². The van der Waals surface area contributed by atoms with Crippen molar-refractivity contribution in [1.29, 1.82) is 0 Å². The number of hydrogen-bond acceptors (Lipinski definition) is 5. The predicted molar refractivity (Wildman–Crippen MR) is 110 cm³/mol. The van der Waals surface area contributed by atoms with E-state index in [0.717, 1.165) is 40.8 Å². The Morgan fingerprint density at radius 3 is 2.45 bits per heavy atom. The first-order chi connectivity index (χ1) is 14.2. The Morgan fingerprint density at radius 2 is 1.76 bits per heavy atom. The fraction of sp³-hybridized carbons (Fsp3) is 0.182. The number of nitrogens with one attached hydrogen (secondary N) is 2. The van der Waals surface area contributed by atoms with Crippen LogP contribution in [0.25, 0.3) is 22.5 Å². The molecule has 2 aromatic heterocycles. The number of aromatic amines is 2. The van der Waals surface area contributed by atoms with Crippen molar-refractivity contribution >= 4 is 0 Å². The third-order valence-corrected chi connectivity index (χ3v) is 4.79. The lowest BCUT2D eigenvalue weighted by Gasteiger charge is -2.09. The van der Waals surface area contributed by atoms with Crippen LogP contribution in [0.4, 0.5) is 0 Å². The minimum absolute atomic E-state index is 0.0899. The first kappa shape index (κ1) is 18.6. The van der Waals surface area contributed by atoms with Crippen LogP contribution in [0.15, 0.2) is 69.0 Å². The van der Waals surface area contributed by atoms with E-state index in [0.29, 0.717) is 17.8 Å². The standard InChI is InChI=1S/C22H20N4O3/c1-2-5-19-18(21(27)24-13-23-19)12-14-8-10-15(11-9-14)16-6-3-4-7-17(16)20-25-22(28)29-26-20/h3-4,6-11,13H,2,5,12H2,1H3,(H,23,24,27)(H,25,26,28). The molecule has 0 aliphatic carbocycles. The molecule has 0 aliphatic heterocycles. The molecule has 0 bridgehead atoms. The van der Waals surface area contributed by atoms with E-state index in [9.17, 15) is 9.59 Å². The van der Waals surface area contributed by atoms with Crippen LogP contribution in [-0.4, -0.2) is 20.1 Å². The van der Waals surface area contributed by atoms with Crippen LogP contribution in [0.1, 0.15) is 30.2 Å². The van der Waals surface area contributed by atoms with Gasteiger partial charge in [-0.1, -0.05) is 67.0 Å². The number of aryl methyl sites for hydroxylation is 1. The second kappa shape index (κ2) is 8.10. The first-order valence-corrected chi connectivity index (χ1v) is 9.46. The zero-order chi connectivity index (χ0) is 20.2. The maximum Gasteiger partial charge on any atom is 0.439 e. The van der Waals surface area contributed by atoms with Gasteiger partial charge in [-0.3, -0.25) is 14.3 Å². The number of hydrogen-bond donors (Lipinski definition) is 2. The SMILES string of the molecule is CCCc1nc[nH]c(=O)c1Cc1ccc(-c2ccccc2-c2noc(=O)[nH]2)cc1. The molecule has 0 amide bonds. The highest BCUT2D eigenvalue weighted by atomic mass is 16.5. The highest BCUT2D eigenvalue weighted by Gasteiger charge is 2.12. The quantitative estimate of drug-likeness (QED) is 0.527. The van der Waals surface area contributed by atoms with Crippen molar-refractivity contribution in [1.82, 2.24) is 20.1 Å². The first-order valence-electron chi connectivity index (χ1n) is 9.46. The van der Waals surface area contributed by atoms with Crippen molar-refractivity contribution < 1.29 is 4.52 Å². The van der Waals surface area contributed by atoms with Gasteiger partial charge >= 0.3 is 5.76 Å². The molecule has 2 aromatic carbocycles. The third-order valence-electron chi connectivity index (χ3n) is 4.79. The Kier molecular flexibility index (Phi) is 5.20. The molecule has 2 heterocycles. The number of nitrogens with zero attached hydrogens (tertiary/aromatic N) is 2. The van der Waals surface area contributed by atoms with E-state index in [4.69, 9.17) is 0 Å². The summed E-state index contributed by atoms with van der Waals surface area (Å²) in [5.74, 6) is -0.199. The van der Waals surface area contributed by atoms with Gasteiger partial charge in [-0.05, 0) is 23.1 Å². The summed E-state index contributed by atoms with van der Waals surface area (Å²) in [5.41, 5.74) is 5.17. The van der Waals surface area contributed by atoms with Gasteiger partial charge in [0.25, 0.3) is 5.56 Å². The minimum atomic E-state index is -0.588. The van der Waals surface area contributed by atoms with E-state index >= 15 is 0 Å². The van der Waals surface area contributed by atoms with Crippen molar-refractivity contribution in [2.75, 3.05) is 0 Å². The minimum Gasteiger partial charge on any atom is -0.313 e.